The topological polar surface area (TPSA) is 156 Å². The lowest BCUT2D eigenvalue weighted by atomic mass is 9.85. The lowest BCUT2D eigenvalue weighted by Gasteiger charge is -2.35. The number of Topliss-reactive ketones (excluding diaryl/α,β-unsaturated/α-hetero) is 1. The van der Waals surface area contributed by atoms with Gasteiger partial charge in [0.1, 0.15) is 23.8 Å². The van der Waals surface area contributed by atoms with Gasteiger partial charge in [0.05, 0.1) is 17.6 Å². The van der Waals surface area contributed by atoms with Gasteiger partial charge < -0.3 is 30.3 Å². The Bertz CT molecular complexity index is 1190. The van der Waals surface area contributed by atoms with E-state index < -0.39 is 64.8 Å². The zero-order chi connectivity index (χ0) is 32.1. The van der Waals surface area contributed by atoms with Gasteiger partial charge in [0.2, 0.25) is 23.5 Å². The van der Waals surface area contributed by atoms with Crippen molar-refractivity contribution in [3.8, 4) is 5.88 Å². The number of hydrogen-bond donors (Lipinski definition) is 3. The number of carbonyl (C=O) groups is 5. The van der Waals surface area contributed by atoms with Gasteiger partial charge >= 0.3 is 6.09 Å². The molecule has 0 bridgehead atoms. The Morgan fingerprint density at radius 2 is 1.74 bits per heavy atom. The number of aromatic nitrogens is 1. The smallest absolute Gasteiger partial charge is 0.408 e. The number of ether oxygens (including phenoxy) is 2. The first-order valence-electron chi connectivity index (χ1n) is 14.7. The zero-order valence-corrected chi connectivity index (χ0v) is 26.7. The van der Waals surface area contributed by atoms with Crippen LogP contribution in [0.5, 0.6) is 5.88 Å². The summed E-state index contributed by atoms with van der Waals surface area (Å²) in [6, 6.07) is 0.0300. The van der Waals surface area contributed by atoms with Crippen LogP contribution < -0.4 is 20.7 Å². The number of nitrogens with one attached hydrogen (secondary N) is 3. The summed E-state index contributed by atoms with van der Waals surface area (Å²) in [5, 5.41) is 8.49. The Kier molecular flexibility index (Phi) is 11.0. The van der Waals surface area contributed by atoms with Crippen LogP contribution in [0.2, 0.25) is 5.02 Å². The van der Waals surface area contributed by atoms with Crippen molar-refractivity contribution in [3.63, 3.8) is 0 Å². The summed E-state index contributed by atoms with van der Waals surface area (Å²) in [4.78, 5) is 71.5. The fourth-order valence-electron chi connectivity index (χ4n) is 4.69. The van der Waals surface area contributed by atoms with E-state index in [4.69, 9.17) is 21.1 Å². The van der Waals surface area contributed by atoms with Crippen molar-refractivity contribution in [1.29, 1.82) is 0 Å². The van der Waals surface area contributed by atoms with Crippen molar-refractivity contribution in [2.75, 3.05) is 6.54 Å². The average Bonchev–Trinajstić information content (AvgIpc) is 3.61. The zero-order valence-electron chi connectivity index (χ0n) is 26.0. The largest absolute Gasteiger partial charge is 0.472 e. The Balaban J connectivity index is 1.86. The molecule has 3 N–H and O–H groups in total. The first kappa shape index (κ1) is 34.1. The van der Waals surface area contributed by atoms with Crippen LogP contribution in [0, 0.1) is 5.41 Å². The minimum atomic E-state index is -1.05. The summed E-state index contributed by atoms with van der Waals surface area (Å²) < 4.78 is 11.4. The number of alkyl carbamates (subject to hydrolysis) is 1. The van der Waals surface area contributed by atoms with Crippen molar-refractivity contribution in [1.82, 2.24) is 25.8 Å². The third kappa shape index (κ3) is 10.1. The predicted molar refractivity (Wildman–Crippen MR) is 159 cm³/mol. The normalized spacial score (nSPS) is 20.0. The molecular formula is C30H44ClN5O7. The highest BCUT2D eigenvalue weighted by Gasteiger charge is 2.47. The van der Waals surface area contributed by atoms with Crippen LogP contribution in [0.15, 0.2) is 18.3 Å². The minimum absolute atomic E-state index is 0.0106. The lowest BCUT2D eigenvalue weighted by molar-refractivity contribution is -0.144. The fourth-order valence-corrected chi connectivity index (χ4v) is 4.80. The number of hydrogen-bond acceptors (Lipinski definition) is 8. The number of amides is 4. The highest BCUT2D eigenvalue weighted by atomic mass is 35.5. The second-order valence-corrected chi connectivity index (χ2v) is 13.6. The van der Waals surface area contributed by atoms with E-state index in [0.717, 1.165) is 12.8 Å². The van der Waals surface area contributed by atoms with Crippen LogP contribution in [-0.2, 0) is 23.9 Å². The number of likely N-dealkylation sites (tertiary alicyclic amines) is 1. The van der Waals surface area contributed by atoms with E-state index in [2.05, 4.69) is 20.9 Å². The monoisotopic (exact) mass is 621 g/mol. The van der Waals surface area contributed by atoms with E-state index in [-0.39, 0.29) is 31.3 Å². The molecule has 0 radical (unpaired) electrons. The Morgan fingerprint density at radius 3 is 2.28 bits per heavy atom. The molecule has 0 aromatic carbocycles. The van der Waals surface area contributed by atoms with Crippen molar-refractivity contribution >= 4 is 41.2 Å². The molecule has 1 saturated heterocycles. The number of nitrogens with zero attached hydrogens (tertiary/aromatic N) is 2. The molecule has 1 saturated carbocycles. The summed E-state index contributed by atoms with van der Waals surface area (Å²) >= 11 is 5.95. The molecule has 13 heteroatoms. The van der Waals surface area contributed by atoms with E-state index in [1.807, 2.05) is 6.92 Å². The van der Waals surface area contributed by atoms with E-state index in [0.29, 0.717) is 11.4 Å². The molecule has 1 aromatic rings. The van der Waals surface area contributed by atoms with Crippen LogP contribution >= 0.6 is 11.6 Å². The minimum Gasteiger partial charge on any atom is -0.472 e. The standard InChI is InChI=1S/C30H44ClN5O7/c1-8-9-20(23(37)26(39)33-18-11-12-18)34-25(38)21-14-19(42-22-13-10-17(31)15-32-22)16-36(21)27(40)24(29(2,3)4)35-28(41)43-30(5,6)7/h10,13,15,18-21,24H,8-9,11-12,14,16H2,1-7H3,(H,33,39)(H,34,38)(H,35,41)/t19?,20-,21-,24+/m1/s1. The molecule has 3 rings (SSSR count). The molecule has 238 valence electrons. The maximum absolute atomic E-state index is 14.1. The van der Waals surface area contributed by atoms with Crippen molar-refractivity contribution in [3.05, 3.63) is 23.4 Å². The molecule has 1 aliphatic carbocycles. The highest BCUT2D eigenvalue weighted by molar-refractivity contribution is 6.38. The molecule has 4 amide bonds. The van der Waals surface area contributed by atoms with Gasteiger partial charge in [0, 0.05) is 24.7 Å². The summed E-state index contributed by atoms with van der Waals surface area (Å²) in [5.74, 6) is -2.31. The van der Waals surface area contributed by atoms with E-state index >= 15 is 0 Å². The third-order valence-electron chi connectivity index (χ3n) is 6.96. The van der Waals surface area contributed by atoms with E-state index in [9.17, 15) is 24.0 Å². The number of pyridine rings is 1. The molecule has 1 unspecified atom stereocenters. The summed E-state index contributed by atoms with van der Waals surface area (Å²) in [6.07, 6.45) is 2.55. The number of halogens is 1. The van der Waals surface area contributed by atoms with Gasteiger partial charge in [-0.3, -0.25) is 19.2 Å². The second-order valence-electron chi connectivity index (χ2n) is 13.2. The van der Waals surface area contributed by atoms with Crippen molar-refractivity contribution < 1.29 is 33.4 Å². The number of carbonyl (C=O) groups excluding carboxylic acids is 5. The molecule has 1 aromatic heterocycles. The Morgan fingerprint density at radius 1 is 1.07 bits per heavy atom. The van der Waals surface area contributed by atoms with Crippen LogP contribution in [0.1, 0.15) is 80.6 Å². The summed E-state index contributed by atoms with van der Waals surface area (Å²) in [6.45, 7) is 12.4. The Hall–Kier alpha value is -3.41. The van der Waals surface area contributed by atoms with Gasteiger partial charge in [-0.1, -0.05) is 45.7 Å². The van der Waals surface area contributed by atoms with Gasteiger partial charge in [-0.15, -0.1) is 0 Å². The van der Waals surface area contributed by atoms with E-state index in [1.165, 1.54) is 11.1 Å². The van der Waals surface area contributed by atoms with Gasteiger partial charge in [-0.2, -0.15) is 0 Å². The van der Waals surface area contributed by atoms with Crippen molar-refractivity contribution in [2.24, 2.45) is 5.41 Å². The number of rotatable bonds is 11. The second kappa shape index (κ2) is 13.9. The first-order chi connectivity index (χ1) is 20.0. The maximum Gasteiger partial charge on any atom is 0.408 e. The Labute approximate surface area is 258 Å². The van der Waals surface area contributed by atoms with Crippen LogP contribution in [-0.4, -0.2) is 81.9 Å². The molecule has 2 aliphatic rings. The number of ketones is 1. The molecule has 4 atom stereocenters. The van der Waals surface area contributed by atoms with Crippen molar-refractivity contribution in [2.45, 2.75) is 116 Å². The maximum atomic E-state index is 14.1. The average molecular weight is 622 g/mol. The van der Waals surface area contributed by atoms with Crippen LogP contribution in [0.4, 0.5) is 4.79 Å². The van der Waals surface area contributed by atoms with E-state index in [1.54, 1.807) is 53.7 Å². The van der Waals surface area contributed by atoms with Gasteiger partial charge in [0.15, 0.2) is 0 Å². The fraction of sp³-hybridized carbons (Fsp3) is 0.667. The third-order valence-corrected chi connectivity index (χ3v) is 7.18. The molecule has 2 fully saturated rings. The molecule has 43 heavy (non-hydrogen) atoms. The highest BCUT2D eigenvalue weighted by Crippen LogP contribution is 2.29. The summed E-state index contributed by atoms with van der Waals surface area (Å²) in [7, 11) is 0. The molecular weight excluding hydrogens is 578 g/mol. The van der Waals surface area contributed by atoms with Crippen LogP contribution in [0.25, 0.3) is 0 Å². The predicted octanol–water partition coefficient (Wildman–Crippen LogP) is 3.16. The van der Waals surface area contributed by atoms with Gasteiger partial charge in [-0.05, 0) is 51.5 Å². The SMILES string of the molecule is CCC[C@@H](NC(=O)[C@H]1CC(Oc2ccc(Cl)cn2)CN1C(=O)[C@H](NC(=O)OC(C)(C)C)C(C)(C)C)C(=O)C(=O)NC1CC1. The summed E-state index contributed by atoms with van der Waals surface area (Å²) in [5.41, 5.74) is -1.55. The molecule has 2 heterocycles. The first-order valence-corrected chi connectivity index (χ1v) is 15.1. The van der Waals surface area contributed by atoms with Gasteiger partial charge in [-0.25, -0.2) is 9.78 Å². The molecule has 1 aliphatic heterocycles. The lowest BCUT2D eigenvalue weighted by Crippen LogP contribution is -2.59. The quantitative estimate of drug-likeness (QED) is 0.318. The van der Waals surface area contributed by atoms with Crippen LogP contribution in [0.3, 0.4) is 0 Å². The van der Waals surface area contributed by atoms with Gasteiger partial charge in [0.25, 0.3) is 5.91 Å². The molecule has 0 spiro atoms. The molecule has 12 nitrogen and oxygen atoms in total.